The summed E-state index contributed by atoms with van der Waals surface area (Å²) in [7, 11) is -4.67. The van der Waals surface area contributed by atoms with E-state index < -0.39 is 22.4 Å². The maximum absolute atomic E-state index is 9.57. The largest absolute Gasteiger partial charge is 0.480 e. The second-order valence-corrected chi connectivity index (χ2v) is 2.47. The van der Waals surface area contributed by atoms with Crippen LogP contribution in [0.1, 0.15) is 6.92 Å². The first kappa shape index (κ1) is 12.9. The molecule has 0 amide bonds. The third-order valence-electron chi connectivity index (χ3n) is 0.390. The average molecular weight is 187 g/mol. The normalized spacial score (nSPS) is 12.7. The third kappa shape index (κ3) is 45.5. The zero-order chi connectivity index (χ0) is 9.65. The van der Waals surface area contributed by atoms with Crippen LogP contribution in [0.15, 0.2) is 0 Å². The van der Waals surface area contributed by atoms with Crippen molar-refractivity contribution in [1.29, 1.82) is 0 Å². The number of aliphatic carboxylic acids is 1. The highest BCUT2D eigenvalue weighted by molar-refractivity contribution is 7.79. The van der Waals surface area contributed by atoms with Gasteiger partial charge in [0.05, 0.1) is 0 Å². The molecule has 0 radical (unpaired) electrons. The van der Waals surface area contributed by atoms with Crippen LogP contribution < -0.4 is 5.73 Å². The summed E-state index contributed by atoms with van der Waals surface area (Å²) in [6, 6.07) is -0.731. The monoisotopic (exact) mass is 187 g/mol. The maximum Gasteiger partial charge on any atom is 0.394 e. The van der Waals surface area contributed by atoms with Crippen molar-refractivity contribution in [3.63, 3.8) is 0 Å². The van der Waals surface area contributed by atoms with Crippen molar-refractivity contribution in [3.8, 4) is 0 Å². The lowest BCUT2D eigenvalue weighted by Crippen LogP contribution is -2.25. The van der Waals surface area contributed by atoms with Gasteiger partial charge in [-0.25, -0.2) is 0 Å². The van der Waals surface area contributed by atoms with Crippen molar-refractivity contribution >= 4 is 16.4 Å². The summed E-state index contributed by atoms with van der Waals surface area (Å²) in [6.07, 6.45) is 0. The molecule has 7 nitrogen and oxygen atoms in total. The molecule has 0 saturated heterocycles. The molecular weight excluding hydrogens is 178 g/mol. The standard InChI is InChI=1S/C3H7NO2.H2O4S/c1-2(4)3(5)6;1-5(2,3)4/h2H,4H2,1H3,(H,5,6);(H2,1,2,3,4)/t2-;/m0./s1. The second kappa shape index (κ2) is 5.02. The van der Waals surface area contributed by atoms with Gasteiger partial charge in [-0.2, -0.15) is 8.42 Å². The van der Waals surface area contributed by atoms with Crippen LogP contribution in [0, 0.1) is 0 Å². The van der Waals surface area contributed by atoms with Gasteiger partial charge in [-0.3, -0.25) is 13.9 Å². The molecule has 0 unspecified atom stereocenters. The van der Waals surface area contributed by atoms with Gasteiger partial charge in [-0.05, 0) is 6.92 Å². The van der Waals surface area contributed by atoms with Crippen LogP contribution in [0.4, 0.5) is 0 Å². The van der Waals surface area contributed by atoms with E-state index in [1.54, 1.807) is 0 Å². The topological polar surface area (TPSA) is 138 Å². The molecule has 8 heteroatoms. The van der Waals surface area contributed by atoms with Crippen LogP contribution in [0.5, 0.6) is 0 Å². The number of hydrogen-bond acceptors (Lipinski definition) is 4. The maximum atomic E-state index is 9.57. The van der Waals surface area contributed by atoms with Crippen LogP contribution >= 0.6 is 0 Å². The molecule has 0 fully saturated rings. The molecule has 0 aromatic heterocycles. The van der Waals surface area contributed by atoms with E-state index >= 15 is 0 Å². The number of nitrogens with two attached hydrogens (primary N) is 1. The highest BCUT2D eigenvalue weighted by Crippen LogP contribution is 1.68. The van der Waals surface area contributed by atoms with Crippen molar-refractivity contribution in [3.05, 3.63) is 0 Å². The van der Waals surface area contributed by atoms with Gasteiger partial charge in [0.25, 0.3) is 0 Å². The van der Waals surface area contributed by atoms with Gasteiger partial charge < -0.3 is 10.8 Å². The van der Waals surface area contributed by atoms with E-state index in [-0.39, 0.29) is 0 Å². The smallest absolute Gasteiger partial charge is 0.394 e. The molecule has 0 spiro atoms. The van der Waals surface area contributed by atoms with Crippen molar-refractivity contribution in [2.45, 2.75) is 13.0 Å². The number of hydrogen-bond donors (Lipinski definition) is 4. The molecule has 1 atom stereocenters. The molecule has 0 heterocycles. The molecule has 0 aromatic rings. The summed E-state index contributed by atoms with van der Waals surface area (Å²) < 4.78 is 31.6. The first-order valence-electron chi connectivity index (χ1n) is 2.33. The van der Waals surface area contributed by atoms with E-state index in [9.17, 15) is 4.79 Å². The predicted octanol–water partition coefficient (Wildman–Crippen LogP) is -1.23. The Kier molecular flexibility index (Phi) is 5.90. The zero-order valence-electron chi connectivity index (χ0n) is 5.63. The molecular formula is C3H9NO6S. The predicted molar refractivity (Wildman–Crippen MR) is 35.5 cm³/mol. The average Bonchev–Trinajstić information content (AvgIpc) is 1.59. The second-order valence-electron chi connectivity index (χ2n) is 1.57. The molecule has 0 rings (SSSR count). The quantitative estimate of drug-likeness (QED) is 0.377. The van der Waals surface area contributed by atoms with E-state index in [0.717, 1.165) is 0 Å². The first-order chi connectivity index (χ1) is 4.64. The lowest BCUT2D eigenvalue weighted by atomic mass is 10.4. The highest BCUT2D eigenvalue weighted by Gasteiger charge is 1.99. The van der Waals surface area contributed by atoms with Gasteiger partial charge in [-0.1, -0.05) is 0 Å². The van der Waals surface area contributed by atoms with Gasteiger partial charge in [0, 0.05) is 0 Å². The Balaban J connectivity index is 0. The minimum atomic E-state index is -4.67. The molecule has 68 valence electrons. The Morgan fingerprint density at radius 2 is 1.55 bits per heavy atom. The number of carboxylic acids is 1. The summed E-state index contributed by atoms with van der Waals surface area (Å²) in [4.78, 5) is 9.57. The summed E-state index contributed by atoms with van der Waals surface area (Å²) in [5.74, 6) is -0.963. The van der Waals surface area contributed by atoms with Crippen molar-refractivity contribution in [1.82, 2.24) is 0 Å². The Labute approximate surface area is 63.4 Å². The fourth-order valence-corrected chi connectivity index (χ4v) is 0. The summed E-state index contributed by atoms with van der Waals surface area (Å²) in [6.45, 7) is 1.42. The molecule has 0 aromatic carbocycles. The summed E-state index contributed by atoms with van der Waals surface area (Å²) in [5, 5.41) is 7.87. The van der Waals surface area contributed by atoms with E-state index in [0.29, 0.717) is 0 Å². The van der Waals surface area contributed by atoms with Crippen LogP contribution in [0.2, 0.25) is 0 Å². The minimum absolute atomic E-state index is 0.731. The SMILES string of the molecule is C[C@H](N)C(=O)O.O=S(=O)(O)O. The molecule has 11 heavy (non-hydrogen) atoms. The van der Waals surface area contributed by atoms with Crippen LogP contribution in [-0.4, -0.2) is 34.6 Å². The lowest BCUT2D eigenvalue weighted by Gasteiger charge is -1.90. The van der Waals surface area contributed by atoms with Crippen molar-refractivity contribution in [2.24, 2.45) is 5.73 Å². The van der Waals surface area contributed by atoms with Gasteiger partial charge >= 0.3 is 16.4 Å². The fourth-order valence-electron chi connectivity index (χ4n) is 0. The Bertz CT molecular complexity index is 198. The molecule has 0 aliphatic heterocycles. The van der Waals surface area contributed by atoms with Crippen LogP contribution in [0.3, 0.4) is 0 Å². The number of carboxylic acid groups (broad SMARTS) is 1. The highest BCUT2D eigenvalue weighted by atomic mass is 32.3. The minimum Gasteiger partial charge on any atom is -0.480 e. The number of carbonyl (C=O) groups is 1. The molecule has 5 N–H and O–H groups in total. The third-order valence-corrected chi connectivity index (χ3v) is 0.390. The van der Waals surface area contributed by atoms with Gasteiger partial charge in [0.15, 0.2) is 0 Å². The molecule has 0 aliphatic rings. The summed E-state index contributed by atoms with van der Waals surface area (Å²) in [5.41, 5.74) is 4.84. The van der Waals surface area contributed by atoms with Crippen LogP contribution in [0.25, 0.3) is 0 Å². The molecule has 0 bridgehead atoms. The molecule has 0 aliphatic carbocycles. The summed E-state index contributed by atoms with van der Waals surface area (Å²) >= 11 is 0. The zero-order valence-corrected chi connectivity index (χ0v) is 6.45. The molecule has 0 saturated carbocycles. The Morgan fingerprint density at radius 1 is 1.45 bits per heavy atom. The van der Waals surface area contributed by atoms with Crippen LogP contribution in [-0.2, 0) is 15.2 Å². The van der Waals surface area contributed by atoms with Gasteiger partial charge in [-0.15, -0.1) is 0 Å². The van der Waals surface area contributed by atoms with Gasteiger partial charge in [0.2, 0.25) is 0 Å². The fraction of sp³-hybridized carbons (Fsp3) is 0.667. The van der Waals surface area contributed by atoms with E-state index in [1.807, 2.05) is 0 Å². The number of rotatable bonds is 1. The lowest BCUT2D eigenvalue weighted by molar-refractivity contribution is -0.138. The van der Waals surface area contributed by atoms with Gasteiger partial charge in [0.1, 0.15) is 6.04 Å². The Morgan fingerprint density at radius 3 is 1.55 bits per heavy atom. The van der Waals surface area contributed by atoms with E-state index in [4.69, 9.17) is 28.4 Å². The van der Waals surface area contributed by atoms with E-state index in [2.05, 4.69) is 0 Å². The van der Waals surface area contributed by atoms with E-state index in [1.165, 1.54) is 6.92 Å². The van der Waals surface area contributed by atoms with Crippen molar-refractivity contribution in [2.75, 3.05) is 0 Å². The Hall–Kier alpha value is -0.700. The first-order valence-corrected chi connectivity index (χ1v) is 3.72. The van der Waals surface area contributed by atoms with Crippen molar-refractivity contribution < 1.29 is 27.4 Å².